The van der Waals surface area contributed by atoms with Crippen LogP contribution < -0.4 is 5.32 Å². The first kappa shape index (κ1) is 23.0. The van der Waals surface area contributed by atoms with E-state index in [-0.39, 0.29) is 17.5 Å². The lowest BCUT2D eigenvalue weighted by atomic mass is 10.1. The molecule has 2 heterocycles. The van der Waals surface area contributed by atoms with E-state index < -0.39 is 0 Å². The lowest BCUT2D eigenvalue weighted by Crippen LogP contribution is -2.38. The predicted octanol–water partition coefficient (Wildman–Crippen LogP) is 3.64. The number of hydrogen-bond acceptors (Lipinski definition) is 6. The molecule has 2 aromatic carbocycles. The van der Waals surface area contributed by atoms with Gasteiger partial charge >= 0.3 is 0 Å². The van der Waals surface area contributed by atoms with Crippen LogP contribution in [0.25, 0.3) is 11.4 Å². The number of morpholine rings is 1. The van der Waals surface area contributed by atoms with Crippen LogP contribution in [0.4, 0.5) is 10.1 Å². The van der Waals surface area contributed by atoms with Crippen LogP contribution in [-0.4, -0.2) is 64.2 Å². The Morgan fingerprint density at radius 2 is 1.82 bits per heavy atom. The molecule has 1 saturated heterocycles. The molecule has 0 radical (unpaired) electrons. The van der Waals surface area contributed by atoms with Crippen LogP contribution in [0.1, 0.15) is 17.5 Å². The predicted molar refractivity (Wildman–Crippen MR) is 130 cm³/mol. The van der Waals surface area contributed by atoms with Gasteiger partial charge in [-0.05, 0) is 66.8 Å². The Hall–Kier alpha value is -2.75. The van der Waals surface area contributed by atoms with E-state index in [1.54, 1.807) is 12.1 Å². The number of halogens is 1. The molecule has 2 aliphatic rings. The summed E-state index contributed by atoms with van der Waals surface area (Å²) in [6.45, 7) is 4.74. The van der Waals surface area contributed by atoms with Crippen molar-refractivity contribution >= 4 is 23.4 Å². The standard InChI is InChI=1S/C25H28FN5O2S/c26-21-7-4-19(5-8-21)24-28-29-25(31(24)11-10-30-12-14-33-15-13-30)34-17-23(32)27-22-9-6-18-2-1-3-20(18)16-22/h4-9,16H,1-3,10-15,17H2,(H,27,32). The van der Waals surface area contributed by atoms with E-state index >= 15 is 0 Å². The van der Waals surface area contributed by atoms with Crippen molar-refractivity contribution in [1.82, 2.24) is 19.7 Å². The van der Waals surface area contributed by atoms with Gasteiger partial charge in [-0.2, -0.15) is 0 Å². The minimum Gasteiger partial charge on any atom is -0.379 e. The molecule has 9 heteroatoms. The van der Waals surface area contributed by atoms with Crippen LogP contribution in [0.3, 0.4) is 0 Å². The van der Waals surface area contributed by atoms with Gasteiger partial charge in [-0.1, -0.05) is 17.8 Å². The first-order chi connectivity index (χ1) is 16.7. The van der Waals surface area contributed by atoms with E-state index in [1.165, 1.54) is 41.4 Å². The second kappa shape index (κ2) is 10.7. The molecule has 1 fully saturated rings. The number of fused-ring (bicyclic) bond motifs is 1. The zero-order valence-corrected chi connectivity index (χ0v) is 19.8. The molecule has 178 valence electrons. The van der Waals surface area contributed by atoms with Crippen molar-refractivity contribution in [2.24, 2.45) is 0 Å². The number of anilines is 1. The summed E-state index contributed by atoms with van der Waals surface area (Å²) in [5, 5.41) is 12.4. The highest BCUT2D eigenvalue weighted by Gasteiger charge is 2.18. The van der Waals surface area contributed by atoms with Crippen LogP contribution >= 0.6 is 11.8 Å². The van der Waals surface area contributed by atoms with Gasteiger partial charge in [-0.25, -0.2) is 4.39 Å². The molecule has 0 saturated carbocycles. The zero-order chi connectivity index (χ0) is 23.3. The summed E-state index contributed by atoms with van der Waals surface area (Å²) in [6.07, 6.45) is 3.38. The highest BCUT2D eigenvalue weighted by Crippen LogP contribution is 2.27. The van der Waals surface area contributed by atoms with E-state index in [0.29, 0.717) is 17.5 Å². The van der Waals surface area contributed by atoms with Gasteiger partial charge in [0.1, 0.15) is 5.82 Å². The number of benzene rings is 2. The summed E-state index contributed by atoms with van der Waals surface area (Å²) >= 11 is 1.37. The van der Waals surface area contributed by atoms with Crippen molar-refractivity contribution in [1.29, 1.82) is 0 Å². The summed E-state index contributed by atoms with van der Waals surface area (Å²) in [5.74, 6) is 0.542. The monoisotopic (exact) mass is 481 g/mol. The summed E-state index contributed by atoms with van der Waals surface area (Å²) in [6, 6.07) is 12.4. The Balaban J connectivity index is 1.27. The summed E-state index contributed by atoms with van der Waals surface area (Å²) in [5.41, 5.74) is 4.35. The van der Waals surface area contributed by atoms with Gasteiger partial charge in [-0.3, -0.25) is 9.69 Å². The molecule has 34 heavy (non-hydrogen) atoms. The highest BCUT2D eigenvalue weighted by molar-refractivity contribution is 7.99. The molecule has 7 nitrogen and oxygen atoms in total. The van der Waals surface area contributed by atoms with Crippen LogP contribution in [-0.2, 0) is 28.9 Å². The van der Waals surface area contributed by atoms with E-state index in [0.717, 1.165) is 56.9 Å². The molecule has 1 aliphatic carbocycles. The topological polar surface area (TPSA) is 72.3 Å². The maximum atomic E-state index is 13.5. The van der Waals surface area contributed by atoms with Gasteiger partial charge in [0.05, 0.1) is 19.0 Å². The molecular weight excluding hydrogens is 453 g/mol. The number of amides is 1. The summed E-state index contributed by atoms with van der Waals surface area (Å²) < 4.78 is 20.9. The number of carbonyl (C=O) groups excluding carboxylic acids is 1. The van der Waals surface area contributed by atoms with Crippen molar-refractivity contribution in [2.75, 3.05) is 43.9 Å². The Kier molecular flexibility index (Phi) is 7.22. The third kappa shape index (κ3) is 5.48. The molecule has 3 aromatic rings. The fraction of sp³-hybridized carbons (Fsp3) is 0.400. The third-order valence-corrected chi connectivity index (χ3v) is 7.24. The zero-order valence-electron chi connectivity index (χ0n) is 19.0. The average molecular weight is 482 g/mol. The number of ether oxygens (including phenoxy) is 1. The van der Waals surface area contributed by atoms with Gasteiger partial charge in [0.15, 0.2) is 11.0 Å². The molecular formula is C25H28FN5O2S. The largest absolute Gasteiger partial charge is 0.379 e. The van der Waals surface area contributed by atoms with Crippen molar-refractivity contribution in [3.8, 4) is 11.4 Å². The van der Waals surface area contributed by atoms with Crippen LogP contribution in [0.15, 0.2) is 47.6 Å². The van der Waals surface area contributed by atoms with Crippen LogP contribution in [0, 0.1) is 5.82 Å². The van der Waals surface area contributed by atoms with E-state index in [2.05, 4.69) is 32.5 Å². The summed E-state index contributed by atoms with van der Waals surface area (Å²) in [4.78, 5) is 15.0. The van der Waals surface area contributed by atoms with Gasteiger partial charge in [0, 0.05) is 37.4 Å². The molecule has 0 unspecified atom stereocenters. The third-order valence-electron chi connectivity index (χ3n) is 6.28. The molecule has 1 amide bonds. The number of carbonyl (C=O) groups is 1. The van der Waals surface area contributed by atoms with E-state index in [1.807, 2.05) is 10.6 Å². The molecule has 0 bridgehead atoms. The van der Waals surface area contributed by atoms with Crippen molar-refractivity contribution in [2.45, 2.75) is 31.0 Å². The first-order valence-corrected chi connectivity index (χ1v) is 12.7. The van der Waals surface area contributed by atoms with E-state index in [9.17, 15) is 9.18 Å². The van der Waals surface area contributed by atoms with Gasteiger partial charge in [0.25, 0.3) is 0 Å². The number of aryl methyl sites for hydroxylation is 2. The Bertz CT molecular complexity index is 1140. The summed E-state index contributed by atoms with van der Waals surface area (Å²) in [7, 11) is 0. The molecule has 0 atom stereocenters. The van der Waals surface area contributed by atoms with Crippen molar-refractivity contribution in [3.05, 3.63) is 59.4 Å². The fourth-order valence-corrected chi connectivity index (χ4v) is 5.22. The maximum Gasteiger partial charge on any atom is 0.234 e. The number of aromatic nitrogens is 3. The number of hydrogen-bond donors (Lipinski definition) is 1. The highest BCUT2D eigenvalue weighted by atomic mass is 32.2. The lowest BCUT2D eigenvalue weighted by molar-refractivity contribution is -0.113. The first-order valence-electron chi connectivity index (χ1n) is 11.7. The minimum atomic E-state index is -0.291. The molecule has 1 aromatic heterocycles. The van der Waals surface area contributed by atoms with E-state index in [4.69, 9.17) is 4.74 Å². The molecule has 0 spiro atoms. The molecule has 1 N–H and O–H groups in total. The van der Waals surface area contributed by atoms with Gasteiger partial charge in [0.2, 0.25) is 5.91 Å². The number of rotatable bonds is 8. The van der Waals surface area contributed by atoms with Crippen molar-refractivity contribution < 1.29 is 13.9 Å². The quantitative estimate of drug-likeness (QED) is 0.496. The Morgan fingerprint density at radius 3 is 2.65 bits per heavy atom. The number of nitrogens with zero attached hydrogens (tertiary/aromatic N) is 4. The second-order valence-corrected chi connectivity index (χ2v) is 9.54. The van der Waals surface area contributed by atoms with Crippen LogP contribution in [0.2, 0.25) is 0 Å². The van der Waals surface area contributed by atoms with Crippen LogP contribution in [0.5, 0.6) is 0 Å². The minimum absolute atomic E-state index is 0.0750. The maximum absolute atomic E-state index is 13.5. The van der Waals surface area contributed by atoms with Crippen molar-refractivity contribution in [3.63, 3.8) is 0 Å². The number of nitrogens with one attached hydrogen (secondary N) is 1. The SMILES string of the molecule is O=C(CSc1nnc(-c2ccc(F)cc2)n1CCN1CCOCC1)Nc1ccc2c(c1)CCC2. The molecule has 1 aliphatic heterocycles. The lowest BCUT2D eigenvalue weighted by Gasteiger charge is -2.27. The number of thioether (sulfide) groups is 1. The Labute approximate surface area is 202 Å². The fourth-order valence-electron chi connectivity index (χ4n) is 4.45. The molecule has 5 rings (SSSR count). The van der Waals surface area contributed by atoms with Gasteiger partial charge < -0.3 is 14.6 Å². The smallest absolute Gasteiger partial charge is 0.234 e. The average Bonchev–Trinajstić information content (AvgIpc) is 3.49. The second-order valence-electron chi connectivity index (χ2n) is 8.59. The normalized spacial score (nSPS) is 15.9. The Morgan fingerprint density at radius 1 is 1.03 bits per heavy atom. The van der Waals surface area contributed by atoms with Gasteiger partial charge in [-0.15, -0.1) is 10.2 Å².